The molecule has 1 amide bonds. The molecule has 104 valence electrons. The molecule has 1 aromatic rings. The molecule has 0 heterocycles. The summed E-state index contributed by atoms with van der Waals surface area (Å²) in [5.41, 5.74) is 0.109. The molecule has 1 aliphatic carbocycles. The Labute approximate surface area is 121 Å². The van der Waals surface area contributed by atoms with E-state index < -0.39 is 5.82 Å². The zero-order chi connectivity index (χ0) is 13.8. The van der Waals surface area contributed by atoms with Crippen LogP contribution in [0, 0.1) is 17.7 Å². The van der Waals surface area contributed by atoms with Crippen molar-refractivity contribution in [2.75, 3.05) is 6.54 Å². The van der Waals surface area contributed by atoms with E-state index in [0.717, 1.165) is 18.8 Å². The first-order valence-electron chi connectivity index (χ1n) is 6.80. The van der Waals surface area contributed by atoms with Gasteiger partial charge in [-0.1, -0.05) is 25.8 Å². The Kier molecular flexibility index (Phi) is 4.97. The van der Waals surface area contributed by atoms with Crippen LogP contribution in [0.25, 0.3) is 0 Å². The second-order valence-electron chi connectivity index (χ2n) is 5.45. The minimum absolute atomic E-state index is 0.109. The maximum Gasteiger partial charge on any atom is 0.254 e. The zero-order valence-electron chi connectivity index (χ0n) is 11.1. The third-order valence-electron chi connectivity index (χ3n) is 3.79. The molecule has 1 saturated carbocycles. The number of nitrogens with one attached hydrogen (secondary N) is 1. The minimum atomic E-state index is -0.489. The monoisotopic (exact) mass is 327 g/mol. The molecule has 0 aliphatic heterocycles. The lowest BCUT2D eigenvalue weighted by Gasteiger charge is -2.26. The van der Waals surface area contributed by atoms with E-state index in [9.17, 15) is 9.18 Å². The predicted octanol–water partition coefficient (Wildman–Crippen LogP) is 4.14. The van der Waals surface area contributed by atoms with Crippen molar-refractivity contribution in [3.63, 3.8) is 0 Å². The first kappa shape index (κ1) is 14.5. The minimum Gasteiger partial charge on any atom is -0.352 e. The van der Waals surface area contributed by atoms with E-state index in [-0.39, 0.29) is 11.5 Å². The number of amides is 1. The second kappa shape index (κ2) is 6.51. The zero-order valence-corrected chi connectivity index (χ0v) is 12.7. The Hall–Kier alpha value is -0.900. The highest BCUT2D eigenvalue weighted by Crippen LogP contribution is 2.28. The largest absolute Gasteiger partial charge is 0.352 e. The average molecular weight is 328 g/mol. The van der Waals surface area contributed by atoms with Crippen molar-refractivity contribution < 1.29 is 9.18 Å². The Morgan fingerprint density at radius 3 is 3.00 bits per heavy atom. The number of hydrogen-bond acceptors (Lipinski definition) is 1. The van der Waals surface area contributed by atoms with E-state index >= 15 is 0 Å². The highest BCUT2D eigenvalue weighted by atomic mass is 79.9. The lowest BCUT2D eigenvalue weighted by atomic mass is 9.82. The van der Waals surface area contributed by atoms with E-state index in [1.807, 2.05) is 0 Å². The molecule has 2 nitrogen and oxygen atoms in total. The molecule has 1 aromatic carbocycles. The molecule has 19 heavy (non-hydrogen) atoms. The summed E-state index contributed by atoms with van der Waals surface area (Å²) >= 11 is 3.09. The molecule has 2 atom stereocenters. The summed E-state index contributed by atoms with van der Waals surface area (Å²) in [6, 6.07) is 4.78. The van der Waals surface area contributed by atoms with Crippen LogP contribution in [0.3, 0.4) is 0 Å². The summed E-state index contributed by atoms with van der Waals surface area (Å²) in [5.74, 6) is 0.454. The van der Waals surface area contributed by atoms with Crippen LogP contribution >= 0.6 is 15.9 Å². The summed E-state index contributed by atoms with van der Waals surface area (Å²) < 4.78 is 14.1. The molecular weight excluding hydrogens is 309 g/mol. The maximum absolute atomic E-state index is 13.8. The molecule has 2 unspecified atom stereocenters. The highest BCUT2D eigenvalue weighted by molar-refractivity contribution is 9.10. The van der Waals surface area contributed by atoms with Crippen molar-refractivity contribution in [1.82, 2.24) is 5.32 Å². The number of benzene rings is 1. The third kappa shape index (κ3) is 3.78. The van der Waals surface area contributed by atoms with Crippen molar-refractivity contribution in [2.45, 2.75) is 32.6 Å². The van der Waals surface area contributed by atoms with Gasteiger partial charge in [-0.05, 0) is 52.7 Å². The Bertz CT molecular complexity index is 463. The van der Waals surface area contributed by atoms with Gasteiger partial charge >= 0.3 is 0 Å². The van der Waals surface area contributed by atoms with Gasteiger partial charge in [-0.15, -0.1) is 0 Å². The van der Waals surface area contributed by atoms with E-state index in [4.69, 9.17) is 0 Å². The Balaban J connectivity index is 1.92. The first-order valence-corrected chi connectivity index (χ1v) is 7.59. The smallest absolute Gasteiger partial charge is 0.254 e. The van der Waals surface area contributed by atoms with Gasteiger partial charge in [-0.3, -0.25) is 4.79 Å². The van der Waals surface area contributed by atoms with Crippen LogP contribution in [-0.2, 0) is 0 Å². The predicted molar refractivity (Wildman–Crippen MR) is 77.6 cm³/mol. The van der Waals surface area contributed by atoms with Crippen LogP contribution < -0.4 is 5.32 Å². The summed E-state index contributed by atoms with van der Waals surface area (Å²) in [6.07, 6.45) is 4.82. The fourth-order valence-corrected chi connectivity index (χ4v) is 3.12. The number of hydrogen-bond donors (Lipinski definition) is 1. The molecule has 2 rings (SSSR count). The van der Waals surface area contributed by atoms with Crippen LogP contribution in [0.4, 0.5) is 4.39 Å². The van der Waals surface area contributed by atoms with Gasteiger partial charge in [0.05, 0.1) is 10.0 Å². The van der Waals surface area contributed by atoms with Crippen LogP contribution in [0.5, 0.6) is 0 Å². The summed E-state index contributed by atoms with van der Waals surface area (Å²) in [4.78, 5) is 12.0. The lowest BCUT2D eigenvalue weighted by molar-refractivity contribution is 0.0936. The average Bonchev–Trinajstić information content (AvgIpc) is 2.39. The van der Waals surface area contributed by atoms with Gasteiger partial charge in [0.25, 0.3) is 5.91 Å². The fraction of sp³-hybridized carbons (Fsp3) is 0.533. The molecule has 0 aromatic heterocycles. The van der Waals surface area contributed by atoms with Gasteiger partial charge in [-0.2, -0.15) is 0 Å². The normalized spacial score (nSPS) is 23.1. The Morgan fingerprint density at radius 1 is 1.47 bits per heavy atom. The number of carbonyl (C=O) groups is 1. The third-order valence-corrected chi connectivity index (χ3v) is 4.40. The van der Waals surface area contributed by atoms with E-state index in [1.165, 1.54) is 18.9 Å². The van der Waals surface area contributed by atoms with Crippen molar-refractivity contribution >= 4 is 21.8 Å². The van der Waals surface area contributed by atoms with E-state index in [0.29, 0.717) is 16.9 Å². The molecule has 1 fully saturated rings. The van der Waals surface area contributed by atoms with Gasteiger partial charge < -0.3 is 5.32 Å². The van der Waals surface area contributed by atoms with Gasteiger partial charge in [0.1, 0.15) is 5.82 Å². The molecule has 0 saturated heterocycles. The van der Waals surface area contributed by atoms with Gasteiger partial charge in [0.15, 0.2) is 0 Å². The topological polar surface area (TPSA) is 29.1 Å². The van der Waals surface area contributed by atoms with Crippen LogP contribution in [0.1, 0.15) is 43.0 Å². The number of carbonyl (C=O) groups excluding carboxylic acids is 1. The number of halogens is 2. The van der Waals surface area contributed by atoms with Gasteiger partial charge in [0, 0.05) is 6.54 Å². The lowest BCUT2D eigenvalue weighted by Crippen LogP contribution is -2.32. The van der Waals surface area contributed by atoms with Crippen molar-refractivity contribution in [3.05, 3.63) is 34.1 Å². The summed E-state index contributed by atoms with van der Waals surface area (Å²) in [5, 5.41) is 2.86. The SMILES string of the molecule is CC1CCCC(CNC(=O)c2cccc(Br)c2F)C1. The van der Waals surface area contributed by atoms with E-state index in [2.05, 4.69) is 28.2 Å². The van der Waals surface area contributed by atoms with Crippen LogP contribution in [-0.4, -0.2) is 12.5 Å². The first-order chi connectivity index (χ1) is 9.08. The van der Waals surface area contributed by atoms with Gasteiger partial charge in [0.2, 0.25) is 0 Å². The molecule has 4 heteroatoms. The summed E-state index contributed by atoms with van der Waals surface area (Å²) in [6.45, 7) is 2.90. The molecular formula is C15H19BrFNO. The molecule has 1 N–H and O–H groups in total. The second-order valence-corrected chi connectivity index (χ2v) is 6.30. The van der Waals surface area contributed by atoms with Crippen molar-refractivity contribution in [2.24, 2.45) is 11.8 Å². The Morgan fingerprint density at radius 2 is 2.26 bits per heavy atom. The summed E-state index contributed by atoms with van der Waals surface area (Å²) in [7, 11) is 0. The van der Waals surface area contributed by atoms with Crippen molar-refractivity contribution in [1.29, 1.82) is 0 Å². The number of rotatable bonds is 3. The maximum atomic E-state index is 13.8. The van der Waals surface area contributed by atoms with Crippen LogP contribution in [0.2, 0.25) is 0 Å². The molecule has 1 aliphatic rings. The van der Waals surface area contributed by atoms with E-state index in [1.54, 1.807) is 12.1 Å². The highest BCUT2D eigenvalue weighted by Gasteiger charge is 2.20. The van der Waals surface area contributed by atoms with Gasteiger partial charge in [-0.25, -0.2) is 4.39 Å². The van der Waals surface area contributed by atoms with Crippen molar-refractivity contribution in [3.8, 4) is 0 Å². The fourth-order valence-electron chi connectivity index (χ4n) is 2.76. The molecule has 0 spiro atoms. The molecule has 0 bridgehead atoms. The molecule has 0 radical (unpaired) electrons. The quantitative estimate of drug-likeness (QED) is 0.887. The van der Waals surface area contributed by atoms with Crippen LogP contribution in [0.15, 0.2) is 22.7 Å². The standard InChI is InChI=1S/C15H19BrFNO/c1-10-4-2-5-11(8-10)9-18-15(19)12-6-3-7-13(16)14(12)17/h3,6-7,10-11H,2,4-5,8-9H2,1H3,(H,18,19).